The molecule has 8 heteroatoms. The average Bonchev–Trinajstić information content (AvgIpc) is 2.80. The molecule has 0 saturated carbocycles. The maximum atomic E-state index is 12.1. The first-order valence-electron chi connectivity index (χ1n) is 4.98. The van der Waals surface area contributed by atoms with Crippen molar-refractivity contribution in [3.05, 3.63) is 44.2 Å². The van der Waals surface area contributed by atoms with E-state index in [2.05, 4.69) is 4.72 Å². The number of aromatic carboxylic acids is 1. The Balaban J connectivity index is 2.41. The van der Waals surface area contributed by atoms with Crippen LogP contribution < -0.4 is 4.72 Å². The summed E-state index contributed by atoms with van der Waals surface area (Å²) in [6.45, 7) is 0. The predicted molar refractivity (Wildman–Crippen MR) is 81.2 cm³/mol. The van der Waals surface area contributed by atoms with Crippen molar-refractivity contribution in [3.8, 4) is 0 Å². The van der Waals surface area contributed by atoms with E-state index in [1.54, 1.807) is 16.8 Å². The molecule has 19 heavy (non-hydrogen) atoms. The highest BCUT2D eigenvalue weighted by molar-refractivity contribution is 14.1. The van der Waals surface area contributed by atoms with E-state index in [-0.39, 0.29) is 10.5 Å². The average molecular weight is 409 g/mol. The number of carbonyl (C=O) groups is 1. The molecule has 0 bridgehead atoms. The van der Waals surface area contributed by atoms with Crippen LogP contribution in [0.4, 0.5) is 5.69 Å². The Bertz CT molecular complexity index is 710. The summed E-state index contributed by atoms with van der Waals surface area (Å²) in [6, 6.07) is 5.63. The molecule has 0 fully saturated rings. The van der Waals surface area contributed by atoms with Gasteiger partial charge in [-0.15, -0.1) is 0 Å². The SMILES string of the molecule is O=C(O)c1cc(S(=O)(=O)Nc2ccsc2)ccc1I. The molecule has 0 spiro atoms. The van der Waals surface area contributed by atoms with Crippen molar-refractivity contribution in [1.82, 2.24) is 0 Å². The van der Waals surface area contributed by atoms with E-state index in [1.807, 2.05) is 22.6 Å². The molecule has 2 aromatic rings. The summed E-state index contributed by atoms with van der Waals surface area (Å²) in [4.78, 5) is 10.9. The van der Waals surface area contributed by atoms with E-state index in [0.717, 1.165) is 6.07 Å². The maximum Gasteiger partial charge on any atom is 0.336 e. The molecular weight excluding hydrogens is 401 g/mol. The second-order valence-electron chi connectivity index (χ2n) is 3.56. The van der Waals surface area contributed by atoms with Crippen LogP contribution in [0.3, 0.4) is 0 Å². The van der Waals surface area contributed by atoms with E-state index in [4.69, 9.17) is 5.11 Å². The molecule has 0 aliphatic heterocycles. The molecule has 0 radical (unpaired) electrons. The van der Waals surface area contributed by atoms with Gasteiger partial charge in [-0.1, -0.05) is 0 Å². The van der Waals surface area contributed by atoms with Crippen LogP contribution in [0.25, 0.3) is 0 Å². The van der Waals surface area contributed by atoms with Gasteiger partial charge in [-0.2, -0.15) is 11.3 Å². The van der Waals surface area contributed by atoms with E-state index in [9.17, 15) is 13.2 Å². The predicted octanol–water partition coefficient (Wildman–Crippen LogP) is 2.85. The monoisotopic (exact) mass is 409 g/mol. The second-order valence-corrected chi connectivity index (χ2v) is 7.19. The molecule has 2 rings (SSSR count). The van der Waals surface area contributed by atoms with Gasteiger partial charge in [0, 0.05) is 8.95 Å². The Kier molecular flexibility index (Phi) is 4.11. The van der Waals surface area contributed by atoms with Crippen molar-refractivity contribution in [3.63, 3.8) is 0 Å². The Morgan fingerprint density at radius 3 is 2.63 bits per heavy atom. The molecule has 0 aliphatic carbocycles. The topological polar surface area (TPSA) is 83.5 Å². The van der Waals surface area contributed by atoms with Gasteiger partial charge in [0.25, 0.3) is 10.0 Å². The standard InChI is InChI=1S/C11H8INO4S2/c12-10-2-1-8(5-9(10)11(14)15)19(16,17)13-7-3-4-18-6-7/h1-6,13H,(H,14,15). The van der Waals surface area contributed by atoms with Gasteiger partial charge in [-0.25, -0.2) is 13.2 Å². The molecule has 0 atom stereocenters. The Labute approximate surface area is 127 Å². The summed E-state index contributed by atoms with van der Waals surface area (Å²) in [7, 11) is -3.77. The fourth-order valence-electron chi connectivity index (χ4n) is 1.37. The Morgan fingerprint density at radius 2 is 2.05 bits per heavy atom. The van der Waals surface area contributed by atoms with Gasteiger partial charge < -0.3 is 5.11 Å². The van der Waals surface area contributed by atoms with Crippen molar-refractivity contribution in [2.24, 2.45) is 0 Å². The van der Waals surface area contributed by atoms with Gasteiger partial charge in [0.15, 0.2) is 0 Å². The summed E-state index contributed by atoms with van der Waals surface area (Å²) in [5.41, 5.74) is 0.425. The zero-order valence-electron chi connectivity index (χ0n) is 9.33. The van der Waals surface area contributed by atoms with Crippen LogP contribution in [-0.4, -0.2) is 19.5 Å². The van der Waals surface area contributed by atoms with Crippen LogP contribution in [0, 0.1) is 3.57 Å². The minimum atomic E-state index is -3.77. The van der Waals surface area contributed by atoms with Gasteiger partial charge in [0.05, 0.1) is 16.1 Å². The number of sulfonamides is 1. The highest BCUT2D eigenvalue weighted by atomic mass is 127. The zero-order valence-corrected chi connectivity index (χ0v) is 13.1. The van der Waals surface area contributed by atoms with Crippen LogP contribution in [0.15, 0.2) is 39.9 Å². The number of rotatable bonds is 4. The number of nitrogens with one attached hydrogen (secondary N) is 1. The van der Waals surface area contributed by atoms with Crippen LogP contribution in [0.1, 0.15) is 10.4 Å². The van der Waals surface area contributed by atoms with Crippen molar-refractivity contribution >= 4 is 55.6 Å². The lowest BCUT2D eigenvalue weighted by molar-refractivity contribution is 0.0695. The van der Waals surface area contributed by atoms with Gasteiger partial charge in [0.1, 0.15) is 0 Å². The van der Waals surface area contributed by atoms with Crippen molar-refractivity contribution < 1.29 is 18.3 Å². The molecule has 1 aromatic carbocycles. The zero-order chi connectivity index (χ0) is 14.0. The minimum absolute atomic E-state index is 0.0335. The molecule has 0 amide bonds. The molecule has 1 heterocycles. The first kappa shape index (κ1) is 14.3. The fourth-order valence-corrected chi connectivity index (χ4v) is 3.68. The van der Waals surface area contributed by atoms with Crippen LogP contribution >= 0.6 is 33.9 Å². The highest BCUT2D eigenvalue weighted by Gasteiger charge is 2.18. The summed E-state index contributed by atoms with van der Waals surface area (Å²) in [5, 5.41) is 12.4. The number of anilines is 1. The first-order valence-corrected chi connectivity index (χ1v) is 8.48. The molecule has 0 saturated heterocycles. The van der Waals surface area contributed by atoms with E-state index < -0.39 is 16.0 Å². The summed E-state index contributed by atoms with van der Waals surface area (Å²) in [5.74, 6) is -1.16. The Morgan fingerprint density at radius 1 is 1.32 bits per heavy atom. The van der Waals surface area contributed by atoms with Crippen molar-refractivity contribution in [2.75, 3.05) is 4.72 Å². The number of carboxylic acid groups (broad SMARTS) is 1. The summed E-state index contributed by atoms with van der Waals surface area (Å²) >= 11 is 3.21. The number of thiophene rings is 1. The first-order chi connectivity index (χ1) is 8.90. The van der Waals surface area contributed by atoms with Gasteiger partial charge in [-0.3, -0.25) is 4.72 Å². The third-order valence-corrected chi connectivity index (χ3v) is 5.25. The van der Waals surface area contributed by atoms with Gasteiger partial charge >= 0.3 is 5.97 Å². The molecular formula is C11H8INO4S2. The van der Waals surface area contributed by atoms with Crippen LogP contribution in [-0.2, 0) is 10.0 Å². The summed E-state index contributed by atoms with van der Waals surface area (Å²) < 4.78 is 27.0. The number of halogens is 1. The third-order valence-electron chi connectivity index (χ3n) is 2.25. The maximum absolute atomic E-state index is 12.1. The minimum Gasteiger partial charge on any atom is -0.478 e. The molecule has 1 aromatic heterocycles. The molecule has 5 nitrogen and oxygen atoms in total. The molecule has 2 N–H and O–H groups in total. The molecule has 100 valence electrons. The van der Waals surface area contributed by atoms with Crippen molar-refractivity contribution in [2.45, 2.75) is 4.90 Å². The lowest BCUT2D eigenvalue weighted by Gasteiger charge is -2.07. The van der Waals surface area contributed by atoms with Gasteiger partial charge in [-0.05, 0) is 52.2 Å². The highest BCUT2D eigenvalue weighted by Crippen LogP contribution is 2.21. The normalized spacial score (nSPS) is 11.2. The van der Waals surface area contributed by atoms with E-state index >= 15 is 0 Å². The van der Waals surface area contributed by atoms with E-state index in [0.29, 0.717) is 9.26 Å². The molecule has 0 aliphatic rings. The quantitative estimate of drug-likeness (QED) is 0.761. The van der Waals surface area contributed by atoms with E-state index in [1.165, 1.54) is 23.5 Å². The van der Waals surface area contributed by atoms with Crippen LogP contribution in [0.2, 0.25) is 0 Å². The summed E-state index contributed by atoms with van der Waals surface area (Å²) in [6.07, 6.45) is 0. The van der Waals surface area contributed by atoms with Gasteiger partial charge in [0.2, 0.25) is 0 Å². The second kappa shape index (κ2) is 5.47. The van der Waals surface area contributed by atoms with Crippen molar-refractivity contribution in [1.29, 1.82) is 0 Å². The number of benzene rings is 1. The fraction of sp³-hybridized carbons (Fsp3) is 0. The molecule has 0 unspecified atom stereocenters. The number of hydrogen-bond acceptors (Lipinski definition) is 4. The smallest absolute Gasteiger partial charge is 0.336 e. The number of carboxylic acids is 1. The van der Waals surface area contributed by atoms with Crippen LogP contribution in [0.5, 0.6) is 0 Å². The lowest BCUT2D eigenvalue weighted by atomic mass is 10.2. The lowest BCUT2D eigenvalue weighted by Crippen LogP contribution is -2.13. The Hall–Kier alpha value is -1.13. The largest absolute Gasteiger partial charge is 0.478 e. The third kappa shape index (κ3) is 3.25. The number of hydrogen-bond donors (Lipinski definition) is 2.